The van der Waals surface area contributed by atoms with Crippen LogP contribution in [0.1, 0.15) is 24.5 Å². The van der Waals surface area contributed by atoms with Crippen LogP contribution in [0, 0.1) is 6.92 Å². The molecule has 0 radical (unpaired) electrons. The molecule has 2 aromatic rings. The zero-order valence-corrected chi connectivity index (χ0v) is 15.4. The predicted octanol–water partition coefficient (Wildman–Crippen LogP) is 2.71. The summed E-state index contributed by atoms with van der Waals surface area (Å²) in [6, 6.07) is 15.9. The van der Waals surface area contributed by atoms with E-state index >= 15 is 0 Å². The fourth-order valence-electron chi connectivity index (χ4n) is 2.35. The number of sulfonamides is 1. The zero-order chi connectivity index (χ0) is 18.3. The highest BCUT2D eigenvalue weighted by atomic mass is 32.2. The number of nitrogens with zero attached hydrogens (tertiary/aromatic N) is 1. The van der Waals surface area contributed by atoms with Crippen LogP contribution in [0.25, 0.3) is 0 Å². The number of benzene rings is 2. The largest absolute Gasteiger partial charge is 0.355 e. The summed E-state index contributed by atoms with van der Waals surface area (Å²) in [5, 5.41) is 2.74. The van der Waals surface area contributed by atoms with Gasteiger partial charge in [0.05, 0.1) is 11.4 Å². The summed E-state index contributed by atoms with van der Waals surface area (Å²) in [5.74, 6) is -0.298. The van der Waals surface area contributed by atoms with E-state index in [-0.39, 0.29) is 23.9 Å². The molecule has 0 saturated heterocycles. The molecule has 0 bridgehead atoms. The van der Waals surface area contributed by atoms with Gasteiger partial charge in [0.2, 0.25) is 15.9 Å². The number of carbonyl (C=O) groups excluding carboxylic acids is 1. The van der Waals surface area contributed by atoms with Crippen LogP contribution < -0.4 is 5.32 Å². The molecular weight excluding hydrogens is 336 g/mol. The Morgan fingerprint density at radius 2 is 1.68 bits per heavy atom. The molecular formula is C19H24N2O3S. The second kappa shape index (κ2) is 8.78. The second-order valence-electron chi connectivity index (χ2n) is 5.92. The van der Waals surface area contributed by atoms with Gasteiger partial charge in [0.15, 0.2) is 0 Å². The Bertz CT molecular complexity index is 787. The van der Waals surface area contributed by atoms with Crippen molar-refractivity contribution in [1.29, 1.82) is 0 Å². The van der Waals surface area contributed by atoms with Gasteiger partial charge in [-0.3, -0.25) is 4.79 Å². The van der Waals surface area contributed by atoms with Crippen molar-refractivity contribution < 1.29 is 13.2 Å². The lowest BCUT2D eigenvalue weighted by molar-refractivity contribution is -0.121. The molecule has 0 fully saturated rings. The SMILES string of the molecule is CCCNC(=O)CN(Cc1ccccc1)S(=O)(=O)c1ccc(C)cc1. The van der Waals surface area contributed by atoms with Crippen LogP contribution in [0.3, 0.4) is 0 Å². The van der Waals surface area contributed by atoms with Crippen LogP contribution in [0.15, 0.2) is 59.5 Å². The molecule has 0 atom stereocenters. The summed E-state index contributed by atoms with van der Waals surface area (Å²) >= 11 is 0. The van der Waals surface area contributed by atoms with Crippen molar-refractivity contribution in [3.8, 4) is 0 Å². The summed E-state index contributed by atoms with van der Waals surface area (Å²) in [5.41, 5.74) is 1.82. The first-order valence-electron chi connectivity index (χ1n) is 8.31. The highest BCUT2D eigenvalue weighted by Gasteiger charge is 2.26. The van der Waals surface area contributed by atoms with E-state index in [0.717, 1.165) is 17.5 Å². The molecule has 1 N–H and O–H groups in total. The van der Waals surface area contributed by atoms with Gasteiger partial charge in [0.25, 0.3) is 0 Å². The van der Waals surface area contributed by atoms with Crippen molar-refractivity contribution in [2.45, 2.75) is 31.7 Å². The number of carbonyl (C=O) groups is 1. The summed E-state index contributed by atoms with van der Waals surface area (Å²) < 4.78 is 27.2. The molecule has 134 valence electrons. The van der Waals surface area contributed by atoms with Crippen molar-refractivity contribution >= 4 is 15.9 Å². The van der Waals surface area contributed by atoms with E-state index < -0.39 is 10.0 Å². The lowest BCUT2D eigenvalue weighted by atomic mass is 10.2. The van der Waals surface area contributed by atoms with Gasteiger partial charge in [-0.1, -0.05) is 55.0 Å². The van der Waals surface area contributed by atoms with Gasteiger partial charge in [-0.15, -0.1) is 0 Å². The van der Waals surface area contributed by atoms with Gasteiger partial charge >= 0.3 is 0 Å². The molecule has 0 aliphatic heterocycles. The number of nitrogens with one attached hydrogen (secondary N) is 1. The number of hydrogen-bond acceptors (Lipinski definition) is 3. The summed E-state index contributed by atoms with van der Waals surface area (Å²) in [6.07, 6.45) is 0.801. The van der Waals surface area contributed by atoms with Crippen LogP contribution in [-0.4, -0.2) is 31.7 Å². The maximum atomic E-state index is 13.0. The molecule has 0 heterocycles. The number of rotatable bonds is 8. The fourth-order valence-corrected chi connectivity index (χ4v) is 3.74. The molecule has 25 heavy (non-hydrogen) atoms. The minimum atomic E-state index is -3.76. The van der Waals surface area contributed by atoms with Crippen LogP contribution >= 0.6 is 0 Å². The first-order chi connectivity index (χ1) is 11.9. The summed E-state index contributed by atoms with van der Waals surface area (Å²) in [4.78, 5) is 12.3. The van der Waals surface area contributed by atoms with Gasteiger partial charge in [-0.25, -0.2) is 8.42 Å². The van der Waals surface area contributed by atoms with E-state index in [9.17, 15) is 13.2 Å². The topological polar surface area (TPSA) is 66.5 Å². The monoisotopic (exact) mass is 360 g/mol. The Morgan fingerprint density at radius 3 is 2.28 bits per heavy atom. The van der Waals surface area contributed by atoms with Gasteiger partial charge in [0, 0.05) is 13.1 Å². The normalized spacial score (nSPS) is 11.5. The quantitative estimate of drug-likeness (QED) is 0.787. The van der Waals surface area contributed by atoms with Crippen molar-refractivity contribution in [2.75, 3.05) is 13.1 Å². The van der Waals surface area contributed by atoms with E-state index in [1.807, 2.05) is 44.2 Å². The zero-order valence-electron chi connectivity index (χ0n) is 14.6. The van der Waals surface area contributed by atoms with Crippen LogP contribution in [0.4, 0.5) is 0 Å². The van der Waals surface area contributed by atoms with Crippen LogP contribution in [0.5, 0.6) is 0 Å². The average molecular weight is 360 g/mol. The molecule has 0 unspecified atom stereocenters. The third-order valence-corrected chi connectivity index (χ3v) is 5.56. The Morgan fingerprint density at radius 1 is 1.04 bits per heavy atom. The molecule has 0 aliphatic rings. The Labute approximate surface area is 149 Å². The Kier molecular flexibility index (Phi) is 6.73. The first-order valence-corrected chi connectivity index (χ1v) is 9.75. The van der Waals surface area contributed by atoms with E-state index in [0.29, 0.717) is 6.54 Å². The van der Waals surface area contributed by atoms with Crippen LogP contribution in [-0.2, 0) is 21.4 Å². The van der Waals surface area contributed by atoms with E-state index in [4.69, 9.17) is 0 Å². The number of hydrogen-bond donors (Lipinski definition) is 1. The average Bonchev–Trinajstić information content (AvgIpc) is 2.60. The minimum absolute atomic E-state index is 0.149. The second-order valence-corrected chi connectivity index (χ2v) is 7.86. The maximum Gasteiger partial charge on any atom is 0.243 e. The molecule has 0 aromatic heterocycles. The fraction of sp³-hybridized carbons (Fsp3) is 0.316. The molecule has 1 amide bonds. The summed E-state index contributed by atoms with van der Waals surface area (Å²) in [6.45, 7) is 4.33. The highest BCUT2D eigenvalue weighted by molar-refractivity contribution is 7.89. The van der Waals surface area contributed by atoms with E-state index in [1.165, 1.54) is 4.31 Å². The lowest BCUT2D eigenvalue weighted by Crippen LogP contribution is -2.40. The standard InChI is InChI=1S/C19H24N2O3S/c1-3-13-20-19(22)15-21(14-17-7-5-4-6-8-17)25(23,24)18-11-9-16(2)10-12-18/h4-12H,3,13-15H2,1-2H3,(H,20,22). The first kappa shape index (κ1) is 19.1. The van der Waals surface area contributed by atoms with Gasteiger partial charge in [-0.2, -0.15) is 4.31 Å². The molecule has 5 nitrogen and oxygen atoms in total. The molecule has 0 spiro atoms. The van der Waals surface area contributed by atoms with Gasteiger partial charge in [0.1, 0.15) is 0 Å². The Hall–Kier alpha value is -2.18. The van der Waals surface area contributed by atoms with Crippen molar-refractivity contribution in [2.24, 2.45) is 0 Å². The molecule has 0 saturated carbocycles. The van der Waals surface area contributed by atoms with Gasteiger partial charge in [-0.05, 0) is 31.0 Å². The summed E-state index contributed by atoms with van der Waals surface area (Å²) in [7, 11) is -3.76. The number of aryl methyl sites for hydroxylation is 1. The Balaban J connectivity index is 2.28. The lowest BCUT2D eigenvalue weighted by Gasteiger charge is -2.22. The van der Waals surface area contributed by atoms with Crippen molar-refractivity contribution in [3.05, 3.63) is 65.7 Å². The third-order valence-electron chi connectivity index (χ3n) is 3.75. The molecule has 2 aromatic carbocycles. The smallest absolute Gasteiger partial charge is 0.243 e. The van der Waals surface area contributed by atoms with E-state index in [1.54, 1.807) is 24.3 Å². The van der Waals surface area contributed by atoms with Crippen LogP contribution in [0.2, 0.25) is 0 Å². The molecule has 6 heteroatoms. The third kappa shape index (κ3) is 5.41. The minimum Gasteiger partial charge on any atom is -0.355 e. The molecule has 2 rings (SSSR count). The van der Waals surface area contributed by atoms with Crippen molar-refractivity contribution in [3.63, 3.8) is 0 Å². The van der Waals surface area contributed by atoms with Crippen molar-refractivity contribution in [1.82, 2.24) is 9.62 Å². The van der Waals surface area contributed by atoms with Gasteiger partial charge < -0.3 is 5.32 Å². The maximum absolute atomic E-state index is 13.0. The molecule has 0 aliphatic carbocycles. The highest BCUT2D eigenvalue weighted by Crippen LogP contribution is 2.19. The number of amides is 1. The van der Waals surface area contributed by atoms with E-state index in [2.05, 4.69) is 5.32 Å². The predicted molar refractivity (Wildman–Crippen MR) is 98.5 cm³/mol.